The van der Waals surface area contributed by atoms with Crippen molar-refractivity contribution < 1.29 is 4.39 Å². The molecule has 0 saturated carbocycles. The van der Waals surface area contributed by atoms with Crippen molar-refractivity contribution in [3.8, 4) is 0 Å². The van der Waals surface area contributed by atoms with Gasteiger partial charge in [-0.15, -0.1) is 0 Å². The van der Waals surface area contributed by atoms with E-state index in [1.165, 1.54) is 6.07 Å². The van der Waals surface area contributed by atoms with E-state index in [4.69, 9.17) is 0 Å². The zero-order valence-electron chi connectivity index (χ0n) is 8.74. The van der Waals surface area contributed by atoms with E-state index in [9.17, 15) is 4.39 Å². The van der Waals surface area contributed by atoms with Gasteiger partial charge in [-0.25, -0.2) is 9.37 Å². The van der Waals surface area contributed by atoms with Crippen LogP contribution in [0.25, 0.3) is 0 Å². The molecule has 2 aromatic rings. The van der Waals surface area contributed by atoms with E-state index >= 15 is 0 Å². The molecule has 2 rings (SSSR count). The van der Waals surface area contributed by atoms with Gasteiger partial charge in [-0.3, -0.25) is 0 Å². The molecule has 1 aromatic heterocycles. The number of aromatic nitrogens is 2. The van der Waals surface area contributed by atoms with Crippen LogP contribution in [0, 0.1) is 5.82 Å². The fraction of sp³-hybridized carbons (Fsp3) is 0.182. The van der Waals surface area contributed by atoms with Gasteiger partial charge in [-0.1, -0.05) is 15.9 Å². The quantitative estimate of drug-likeness (QED) is 0.934. The maximum absolute atomic E-state index is 13.5. The van der Waals surface area contributed by atoms with E-state index in [0.29, 0.717) is 11.6 Å². The summed E-state index contributed by atoms with van der Waals surface area (Å²) in [4.78, 5) is 4.12. The van der Waals surface area contributed by atoms with Crippen LogP contribution in [0.2, 0.25) is 0 Å². The maximum atomic E-state index is 13.5. The van der Waals surface area contributed by atoms with Gasteiger partial charge in [0.1, 0.15) is 5.82 Å². The molecule has 3 nitrogen and oxygen atoms in total. The summed E-state index contributed by atoms with van der Waals surface area (Å²) >= 11 is 3.30. The molecule has 0 aliphatic heterocycles. The minimum atomic E-state index is -0.297. The molecule has 5 heteroatoms. The Morgan fingerprint density at radius 1 is 1.50 bits per heavy atom. The minimum Gasteiger partial charge on any atom is -0.323 e. The molecule has 0 spiro atoms. The Kier molecular flexibility index (Phi) is 3.24. The largest absolute Gasteiger partial charge is 0.323 e. The fourth-order valence-corrected chi connectivity index (χ4v) is 1.76. The summed E-state index contributed by atoms with van der Waals surface area (Å²) in [6, 6.07) is 4.75. The second kappa shape index (κ2) is 4.65. The number of hydrogen-bond donors (Lipinski definition) is 1. The van der Waals surface area contributed by atoms with Gasteiger partial charge in [-0.2, -0.15) is 0 Å². The first-order valence-electron chi connectivity index (χ1n) is 4.94. The van der Waals surface area contributed by atoms with Crippen LogP contribution in [-0.4, -0.2) is 9.55 Å². The highest BCUT2D eigenvalue weighted by Crippen LogP contribution is 2.23. The molecule has 0 saturated heterocycles. The lowest BCUT2D eigenvalue weighted by molar-refractivity contribution is 0.630. The first kappa shape index (κ1) is 11.1. The van der Waals surface area contributed by atoms with Crippen LogP contribution < -0.4 is 5.32 Å². The van der Waals surface area contributed by atoms with Gasteiger partial charge in [0.15, 0.2) is 0 Å². The average Bonchev–Trinajstić information content (AvgIpc) is 2.71. The van der Waals surface area contributed by atoms with Crippen molar-refractivity contribution in [2.24, 2.45) is 0 Å². The highest BCUT2D eigenvalue weighted by Gasteiger charge is 2.06. The maximum Gasteiger partial charge on any atom is 0.207 e. The molecule has 0 aliphatic carbocycles. The van der Waals surface area contributed by atoms with Gasteiger partial charge in [0.25, 0.3) is 0 Å². The molecule has 0 unspecified atom stereocenters. The Bertz CT molecular complexity index is 496. The van der Waals surface area contributed by atoms with Gasteiger partial charge in [0.05, 0.1) is 5.69 Å². The van der Waals surface area contributed by atoms with Crippen LogP contribution in [0.3, 0.4) is 0 Å². The molecule has 0 radical (unpaired) electrons. The van der Waals surface area contributed by atoms with Crippen LogP contribution >= 0.6 is 15.9 Å². The summed E-state index contributed by atoms with van der Waals surface area (Å²) in [5.41, 5.74) is 0.412. The Morgan fingerprint density at radius 2 is 2.31 bits per heavy atom. The number of rotatable bonds is 3. The molecule has 0 amide bonds. The standard InChI is InChI=1S/C11H11BrFN3/c1-2-16-6-5-14-11(16)15-10-7-8(12)3-4-9(10)13/h3-7H,2H2,1H3,(H,14,15). The van der Waals surface area contributed by atoms with Crippen molar-refractivity contribution in [1.82, 2.24) is 9.55 Å². The zero-order chi connectivity index (χ0) is 11.5. The number of anilines is 2. The fourth-order valence-electron chi connectivity index (χ4n) is 1.40. The topological polar surface area (TPSA) is 29.9 Å². The lowest BCUT2D eigenvalue weighted by Crippen LogP contribution is -2.02. The predicted octanol–water partition coefficient (Wildman–Crippen LogP) is 3.55. The third kappa shape index (κ3) is 2.24. The van der Waals surface area contributed by atoms with E-state index in [1.54, 1.807) is 18.3 Å². The summed E-state index contributed by atoms with van der Waals surface area (Å²) in [5.74, 6) is 0.341. The van der Waals surface area contributed by atoms with Crippen molar-refractivity contribution in [3.05, 3.63) is 40.9 Å². The van der Waals surface area contributed by atoms with E-state index in [-0.39, 0.29) is 5.82 Å². The van der Waals surface area contributed by atoms with E-state index in [1.807, 2.05) is 17.7 Å². The van der Waals surface area contributed by atoms with Crippen molar-refractivity contribution >= 4 is 27.6 Å². The second-order valence-electron chi connectivity index (χ2n) is 3.29. The van der Waals surface area contributed by atoms with Gasteiger partial charge in [-0.05, 0) is 25.1 Å². The number of nitrogens with zero attached hydrogens (tertiary/aromatic N) is 2. The van der Waals surface area contributed by atoms with Crippen LogP contribution in [0.5, 0.6) is 0 Å². The molecule has 0 atom stereocenters. The lowest BCUT2D eigenvalue weighted by atomic mass is 10.3. The number of nitrogens with one attached hydrogen (secondary N) is 1. The van der Waals surface area contributed by atoms with Gasteiger partial charge >= 0.3 is 0 Å². The van der Waals surface area contributed by atoms with Crippen LogP contribution in [-0.2, 0) is 6.54 Å². The van der Waals surface area contributed by atoms with Gasteiger partial charge < -0.3 is 9.88 Å². The van der Waals surface area contributed by atoms with Crippen molar-refractivity contribution in [2.75, 3.05) is 5.32 Å². The summed E-state index contributed by atoms with van der Waals surface area (Å²) < 4.78 is 16.2. The summed E-state index contributed by atoms with van der Waals surface area (Å²) in [7, 11) is 0. The van der Waals surface area contributed by atoms with Crippen molar-refractivity contribution in [1.29, 1.82) is 0 Å². The third-order valence-corrected chi connectivity index (χ3v) is 2.72. The Balaban J connectivity index is 2.30. The van der Waals surface area contributed by atoms with E-state index in [2.05, 4.69) is 26.2 Å². The SMILES string of the molecule is CCn1ccnc1Nc1cc(Br)ccc1F. The second-order valence-corrected chi connectivity index (χ2v) is 4.20. The van der Waals surface area contributed by atoms with Crippen LogP contribution in [0.1, 0.15) is 6.92 Å². The number of halogens is 2. The number of benzene rings is 1. The predicted molar refractivity (Wildman–Crippen MR) is 65.3 cm³/mol. The van der Waals surface area contributed by atoms with E-state index in [0.717, 1.165) is 11.0 Å². The Hall–Kier alpha value is -1.36. The zero-order valence-corrected chi connectivity index (χ0v) is 10.3. The highest BCUT2D eigenvalue weighted by atomic mass is 79.9. The number of imidazole rings is 1. The first-order valence-corrected chi connectivity index (χ1v) is 5.73. The third-order valence-electron chi connectivity index (χ3n) is 2.23. The number of hydrogen-bond acceptors (Lipinski definition) is 2. The molecular formula is C11H11BrFN3. The first-order chi connectivity index (χ1) is 7.70. The van der Waals surface area contributed by atoms with Crippen LogP contribution in [0.15, 0.2) is 35.1 Å². The molecule has 0 aliphatic rings. The lowest BCUT2D eigenvalue weighted by Gasteiger charge is -2.08. The molecule has 1 heterocycles. The smallest absolute Gasteiger partial charge is 0.207 e. The molecule has 84 valence electrons. The van der Waals surface area contributed by atoms with Crippen LogP contribution in [0.4, 0.5) is 16.0 Å². The van der Waals surface area contributed by atoms with Crippen molar-refractivity contribution in [3.63, 3.8) is 0 Å². The number of aryl methyl sites for hydroxylation is 1. The molecule has 16 heavy (non-hydrogen) atoms. The van der Waals surface area contributed by atoms with Gasteiger partial charge in [0, 0.05) is 23.4 Å². The Labute approximate surface area is 101 Å². The molecule has 1 aromatic carbocycles. The van der Waals surface area contributed by atoms with Gasteiger partial charge in [0.2, 0.25) is 5.95 Å². The Morgan fingerprint density at radius 3 is 3.06 bits per heavy atom. The normalized spacial score (nSPS) is 10.4. The van der Waals surface area contributed by atoms with E-state index < -0.39 is 0 Å². The monoisotopic (exact) mass is 283 g/mol. The summed E-state index contributed by atoms with van der Waals surface area (Å²) in [5, 5.41) is 2.96. The average molecular weight is 284 g/mol. The summed E-state index contributed by atoms with van der Waals surface area (Å²) in [6.07, 6.45) is 3.53. The molecular weight excluding hydrogens is 273 g/mol. The highest BCUT2D eigenvalue weighted by molar-refractivity contribution is 9.10. The molecule has 1 N–H and O–H groups in total. The molecule has 0 bridgehead atoms. The summed E-state index contributed by atoms with van der Waals surface area (Å²) in [6.45, 7) is 2.79. The van der Waals surface area contributed by atoms with Crippen molar-refractivity contribution in [2.45, 2.75) is 13.5 Å². The minimum absolute atomic E-state index is 0.297. The molecule has 0 fully saturated rings.